The van der Waals surface area contributed by atoms with Crippen molar-refractivity contribution >= 4 is 15.9 Å². The van der Waals surface area contributed by atoms with Crippen LogP contribution in [-0.2, 0) is 20.1 Å². The molecule has 1 aromatic heterocycles. The number of benzene rings is 1. The van der Waals surface area contributed by atoms with Crippen LogP contribution in [0.25, 0.3) is 0 Å². The Hall–Kier alpha value is -1.29. The van der Waals surface area contributed by atoms with Gasteiger partial charge in [0.1, 0.15) is 12.4 Å². The van der Waals surface area contributed by atoms with Crippen molar-refractivity contribution in [1.29, 1.82) is 0 Å². The smallest absolute Gasteiger partial charge is 0.130 e. The predicted molar refractivity (Wildman–Crippen MR) is 85.1 cm³/mol. The Labute approximate surface area is 129 Å². The normalized spacial score (nSPS) is 11.1. The molecule has 0 bridgehead atoms. The minimum atomic E-state index is 0.431. The molecule has 0 aliphatic rings. The van der Waals surface area contributed by atoms with Gasteiger partial charge in [-0.3, -0.25) is 4.68 Å². The molecule has 0 fully saturated rings. The molecule has 0 radical (unpaired) electrons. The highest BCUT2D eigenvalue weighted by Crippen LogP contribution is 2.30. The first-order valence-electron chi connectivity index (χ1n) is 6.95. The van der Waals surface area contributed by atoms with Crippen molar-refractivity contribution in [3.63, 3.8) is 0 Å². The third kappa shape index (κ3) is 3.42. The lowest BCUT2D eigenvalue weighted by atomic mass is 10.0. The standard InChI is InChI=1S/C16H21BrN2O/c1-5-13-9-14(19(4)18-13)10-20-16-7-6-12(17)8-15(16)11(2)3/h6-9,11H,5,10H2,1-4H3. The lowest BCUT2D eigenvalue weighted by Crippen LogP contribution is -2.04. The van der Waals surface area contributed by atoms with Gasteiger partial charge in [0.05, 0.1) is 11.4 Å². The van der Waals surface area contributed by atoms with Crippen LogP contribution < -0.4 is 4.74 Å². The fourth-order valence-corrected chi connectivity index (χ4v) is 2.51. The lowest BCUT2D eigenvalue weighted by Gasteiger charge is -2.14. The maximum atomic E-state index is 6.00. The number of hydrogen-bond acceptors (Lipinski definition) is 2. The number of ether oxygens (including phenoxy) is 1. The molecular weight excluding hydrogens is 316 g/mol. The minimum absolute atomic E-state index is 0.431. The van der Waals surface area contributed by atoms with E-state index in [1.54, 1.807) is 0 Å². The first-order chi connectivity index (χ1) is 9.51. The van der Waals surface area contributed by atoms with Crippen molar-refractivity contribution in [3.05, 3.63) is 45.7 Å². The molecule has 3 nitrogen and oxygen atoms in total. The van der Waals surface area contributed by atoms with E-state index in [2.05, 4.69) is 53.9 Å². The van der Waals surface area contributed by atoms with Crippen molar-refractivity contribution in [3.8, 4) is 5.75 Å². The van der Waals surface area contributed by atoms with Crippen LogP contribution in [0.1, 0.15) is 43.6 Å². The Morgan fingerprint density at radius 3 is 2.65 bits per heavy atom. The summed E-state index contributed by atoms with van der Waals surface area (Å²) in [7, 11) is 1.96. The van der Waals surface area contributed by atoms with Gasteiger partial charge in [0.25, 0.3) is 0 Å². The molecule has 2 rings (SSSR count). The topological polar surface area (TPSA) is 27.1 Å². The van der Waals surface area contributed by atoms with Crippen LogP contribution >= 0.6 is 15.9 Å². The van der Waals surface area contributed by atoms with E-state index in [0.717, 1.165) is 28.0 Å². The fraction of sp³-hybridized carbons (Fsp3) is 0.438. The molecular formula is C16H21BrN2O. The summed E-state index contributed by atoms with van der Waals surface area (Å²) in [6.07, 6.45) is 0.948. The molecule has 0 aliphatic heterocycles. The molecule has 0 saturated carbocycles. The Morgan fingerprint density at radius 2 is 2.05 bits per heavy atom. The molecule has 0 saturated heterocycles. The molecule has 0 unspecified atom stereocenters. The first-order valence-corrected chi connectivity index (χ1v) is 7.74. The van der Waals surface area contributed by atoms with E-state index in [1.807, 2.05) is 23.9 Å². The Bertz CT molecular complexity index is 590. The Balaban J connectivity index is 2.16. The zero-order valence-electron chi connectivity index (χ0n) is 12.5. The van der Waals surface area contributed by atoms with Crippen molar-refractivity contribution in [2.45, 2.75) is 39.7 Å². The highest BCUT2D eigenvalue weighted by Gasteiger charge is 2.10. The molecule has 0 N–H and O–H groups in total. The van der Waals surface area contributed by atoms with E-state index in [-0.39, 0.29) is 0 Å². The number of hydrogen-bond donors (Lipinski definition) is 0. The zero-order valence-corrected chi connectivity index (χ0v) is 14.1. The average Bonchev–Trinajstić information content (AvgIpc) is 2.78. The summed E-state index contributed by atoms with van der Waals surface area (Å²) in [6.45, 7) is 7.01. The number of nitrogens with zero attached hydrogens (tertiary/aromatic N) is 2. The number of aromatic nitrogens is 2. The van der Waals surface area contributed by atoms with Crippen molar-refractivity contribution in [1.82, 2.24) is 9.78 Å². The van der Waals surface area contributed by atoms with Crippen molar-refractivity contribution < 1.29 is 4.74 Å². The molecule has 108 valence electrons. The summed E-state index contributed by atoms with van der Waals surface area (Å²) >= 11 is 3.52. The van der Waals surface area contributed by atoms with Gasteiger partial charge >= 0.3 is 0 Å². The summed E-state index contributed by atoms with van der Waals surface area (Å²) in [5, 5.41) is 4.44. The van der Waals surface area contributed by atoms with Gasteiger partial charge in [0.15, 0.2) is 0 Å². The highest BCUT2D eigenvalue weighted by molar-refractivity contribution is 9.10. The van der Waals surface area contributed by atoms with E-state index in [9.17, 15) is 0 Å². The van der Waals surface area contributed by atoms with Gasteiger partial charge in [0.2, 0.25) is 0 Å². The molecule has 1 aromatic carbocycles. The van der Waals surface area contributed by atoms with Crippen LogP contribution in [0.4, 0.5) is 0 Å². The maximum Gasteiger partial charge on any atom is 0.130 e. The molecule has 20 heavy (non-hydrogen) atoms. The van der Waals surface area contributed by atoms with Crippen LogP contribution in [0, 0.1) is 0 Å². The van der Waals surface area contributed by atoms with Crippen molar-refractivity contribution in [2.24, 2.45) is 7.05 Å². The molecule has 0 spiro atoms. The van der Waals surface area contributed by atoms with Crippen LogP contribution in [0.15, 0.2) is 28.7 Å². The minimum Gasteiger partial charge on any atom is -0.487 e. The molecule has 0 atom stereocenters. The maximum absolute atomic E-state index is 6.00. The van der Waals surface area contributed by atoms with Gasteiger partial charge in [-0.05, 0) is 42.2 Å². The van der Waals surface area contributed by atoms with Crippen LogP contribution in [0.3, 0.4) is 0 Å². The quantitative estimate of drug-likeness (QED) is 0.806. The van der Waals surface area contributed by atoms with Gasteiger partial charge in [-0.2, -0.15) is 5.10 Å². The van der Waals surface area contributed by atoms with E-state index < -0.39 is 0 Å². The summed E-state index contributed by atoms with van der Waals surface area (Å²) in [5.41, 5.74) is 3.42. The van der Waals surface area contributed by atoms with E-state index >= 15 is 0 Å². The lowest BCUT2D eigenvalue weighted by molar-refractivity contribution is 0.290. The zero-order chi connectivity index (χ0) is 14.7. The van der Waals surface area contributed by atoms with Gasteiger partial charge in [-0.1, -0.05) is 36.7 Å². The third-order valence-corrected chi connectivity index (χ3v) is 3.85. The summed E-state index contributed by atoms with van der Waals surface area (Å²) in [6, 6.07) is 8.27. The fourth-order valence-electron chi connectivity index (χ4n) is 2.13. The summed E-state index contributed by atoms with van der Waals surface area (Å²) in [5.74, 6) is 1.38. The monoisotopic (exact) mass is 336 g/mol. The summed E-state index contributed by atoms with van der Waals surface area (Å²) < 4.78 is 8.98. The second-order valence-electron chi connectivity index (χ2n) is 5.23. The van der Waals surface area contributed by atoms with Gasteiger partial charge < -0.3 is 4.74 Å². The largest absolute Gasteiger partial charge is 0.487 e. The molecule has 0 aliphatic carbocycles. The molecule has 0 amide bonds. The van der Waals surface area contributed by atoms with Crippen LogP contribution in [0.5, 0.6) is 5.75 Å². The van der Waals surface area contributed by atoms with Crippen molar-refractivity contribution in [2.75, 3.05) is 0 Å². The number of aryl methyl sites for hydroxylation is 2. The first kappa shape index (κ1) is 15.1. The average molecular weight is 337 g/mol. The van der Waals surface area contributed by atoms with Gasteiger partial charge in [0, 0.05) is 11.5 Å². The van der Waals surface area contributed by atoms with E-state index in [0.29, 0.717) is 12.5 Å². The third-order valence-electron chi connectivity index (χ3n) is 3.36. The number of halogens is 1. The molecule has 4 heteroatoms. The second-order valence-corrected chi connectivity index (χ2v) is 6.15. The van der Waals surface area contributed by atoms with Crippen LogP contribution in [-0.4, -0.2) is 9.78 Å². The van der Waals surface area contributed by atoms with E-state index in [1.165, 1.54) is 5.56 Å². The van der Waals surface area contributed by atoms with Gasteiger partial charge in [-0.25, -0.2) is 0 Å². The van der Waals surface area contributed by atoms with E-state index in [4.69, 9.17) is 4.74 Å². The predicted octanol–water partition coefficient (Wildman–Crippen LogP) is 4.45. The highest BCUT2D eigenvalue weighted by atomic mass is 79.9. The second kappa shape index (κ2) is 6.44. The number of rotatable bonds is 5. The Morgan fingerprint density at radius 1 is 1.30 bits per heavy atom. The summed E-state index contributed by atoms with van der Waals surface area (Å²) in [4.78, 5) is 0. The van der Waals surface area contributed by atoms with Crippen LogP contribution in [0.2, 0.25) is 0 Å². The molecule has 2 aromatic rings. The Kier molecular flexibility index (Phi) is 4.86. The van der Waals surface area contributed by atoms with Gasteiger partial charge in [-0.15, -0.1) is 0 Å². The molecule has 1 heterocycles. The SMILES string of the molecule is CCc1cc(COc2ccc(Br)cc2C(C)C)n(C)n1.